The van der Waals surface area contributed by atoms with Crippen LogP contribution in [-0.4, -0.2) is 59.5 Å². The molecule has 9 nitrogen and oxygen atoms in total. The van der Waals surface area contributed by atoms with Crippen LogP contribution in [0.15, 0.2) is 47.4 Å². The van der Waals surface area contributed by atoms with Crippen LogP contribution in [0.25, 0.3) is 0 Å². The van der Waals surface area contributed by atoms with Gasteiger partial charge in [-0.2, -0.15) is 4.31 Å². The molecule has 0 aromatic heterocycles. The Morgan fingerprint density at radius 3 is 2.30 bits per heavy atom. The van der Waals surface area contributed by atoms with E-state index in [9.17, 15) is 21.6 Å². The Balaban J connectivity index is 1.49. The molecule has 1 amide bonds. The molecule has 2 aromatic rings. The predicted molar refractivity (Wildman–Crippen MR) is 127 cm³/mol. The van der Waals surface area contributed by atoms with E-state index in [1.165, 1.54) is 34.6 Å². The summed E-state index contributed by atoms with van der Waals surface area (Å²) in [5.41, 5.74) is 0.455. The fourth-order valence-electron chi connectivity index (χ4n) is 3.37. The van der Waals surface area contributed by atoms with E-state index >= 15 is 0 Å². The van der Waals surface area contributed by atoms with Crippen LogP contribution in [0, 0.1) is 0 Å². The summed E-state index contributed by atoms with van der Waals surface area (Å²) in [5.74, 6) is 0.0496. The first-order valence-corrected chi connectivity index (χ1v) is 14.1. The molecule has 0 saturated carbocycles. The number of nitrogens with zero attached hydrogens (tertiary/aromatic N) is 1. The minimum Gasteiger partial charge on any atom is -0.492 e. The molecule has 0 atom stereocenters. The van der Waals surface area contributed by atoms with Crippen LogP contribution in [-0.2, 0) is 20.0 Å². The first-order valence-electron chi connectivity index (χ1n) is 10.3. The van der Waals surface area contributed by atoms with Gasteiger partial charge in [0.25, 0.3) is 5.91 Å². The number of rotatable bonds is 9. The quantitative estimate of drug-likeness (QED) is 0.495. The summed E-state index contributed by atoms with van der Waals surface area (Å²) in [6.07, 6.45) is 3.81. The number of nitrogens with one attached hydrogen (secondary N) is 2. The summed E-state index contributed by atoms with van der Waals surface area (Å²) >= 11 is 6.09. The topological polar surface area (TPSA) is 122 Å². The van der Waals surface area contributed by atoms with Crippen molar-refractivity contribution in [1.82, 2.24) is 9.62 Å². The first kappa shape index (κ1) is 25.3. The Morgan fingerprint density at radius 1 is 1.03 bits per heavy atom. The average molecular weight is 516 g/mol. The number of hydrogen-bond donors (Lipinski definition) is 2. The smallest absolute Gasteiger partial charge is 0.252 e. The molecule has 0 unspecified atom stereocenters. The number of carbonyl (C=O) groups is 1. The number of carbonyl (C=O) groups excluding carboxylic acids is 1. The number of ether oxygens (including phenoxy) is 1. The van der Waals surface area contributed by atoms with Crippen molar-refractivity contribution in [2.45, 2.75) is 24.2 Å². The molecule has 3 rings (SSSR count). The fourth-order valence-corrected chi connectivity index (χ4v) is 5.71. The van der Waals surface area contributed by atoms with E-state index in [1.807, 2.05) is 0 Å². The summed E-state index contributed by atoms with van der Waals surface area (Å²) in [7, 11) is -6.94. The highest BCUT2D eigenvalue weighted by atomic mass is 35.5. The number of hydrogen-bond acceptors (Lipinski definition) is 6. The van der Waals surface area contributed by atoms with Gasteiger partial charge in [0, 0.05) is 18.8 Å². The molecule has 2 N–H and O–H groups in total. The van der Waals surface area contributed by atoms with E-state index in [0.717, 1.165) is 25.5 Å². The summed E-state index contributed by atoms with van der Waals surface area (Å²) < 4.78 is 57.3. The minimum absolute atomic E-state index is 0.104. The lowest BCUT2D eigenvalue weighted by Crippen LogP contribution is -2.35. The third kappa shape index (κ3) is 7.07. The molecule has 0 bridgehead atoms. The van der Waals surface area contributed by atoms with Crippen LogP contribution in [0.3, 0.4) is 0 Å². The predicted octanol–water partition coefficient (Wildman–Crippen LogP) is 2.69. The number of anilines is 1. The maximum atomic E-state index is 12.7. The second-order valence-electron chi connectivity index (χ2n) is 7.61. The molecule has 0 spiro atoms. The van der Waals surface area contributed by atoms with Gasteiger partial charge >= 0.3 is 0 Å². The number of benzene rings is 2. The Kier molecular flexibility index (Phi) is 8.22. The molecule has 2 aromatic carbocycles. The van der Waals surface area contributed by atoms with Crippen LogP contribution in [0.4, 0.5) is 5.69 Å². The number of halogens is 1. The zero-order chi connectivity index (χ0) is 24.1. The first-order chi connectivity index (χ1) is 15.6. The molecule has 1 aliphatic heterocycles. The molecule has 1 saturated heterocycles. The normalized spacial score (nSPS) is 15.1. The van der Waals surface area contributed by atoms with Crippen LogP contribution < -0.4 is 14.8 Å². The zero-order valence-corrected chi connectivity index (χ0v) is 20.5. The van der Waals surface area contributed by atoms with Gasteiger partial charge in [-0.15, -0.1) is 0 Å². The van der Waals surface area contributed by atoms with Gasteiger partial charge in [0.2, 0.25) is 20.0 Å². The fraction of sp³-hybridized carbons (Fsp3) is 0.381. The van der Waals surface area contributed by atoms with Gasteiger partial charge in [-0.05, 0) is 55.3 Å². The van der Waals surface area contributed by atoms with Crippen molar-refractivity contribution in [3.05, 3.63) is 53.1 Å². The van der Waals surface area contributed by atoms with E-state index in [1.54, 1.807) is 12.1 Å². The summed E-state index contributed by atoms with van der Waals surface area (Å²) in [5, 5.41) is 2.77. The van der Waals surface area contributed by atoms with Crippen molar-refractivity contribution in [1.29, 1.82) is 0 Å². The van der Waals surface area contributed by atoms with Crippen LogP contribution in [0.1, 0.15) is 29.6 Å². The molecule has 0 radical (unpaired) electrons. The Labute approximate surface area is 199 Å². The maximum absolute atomic E-state index is 12.7. The molecule has 0 aliphatic carbocycles. The molecule has 1 heterocycles. The van der Waals surface area contributed by atoms with Crippen LogP contribution >= 0.6 is 11.6 Å². The standard InChI is InChI=1S/C21H26ClN3O6S2/c1-32(27,28)24-16-5-10-19(20(22)15-16)21(26)23-11-14-31-17-6-8-18(9-7-17)33(29,30)25-12-3-2-4-13-25/h5-10,15,24H,2-4,11-14H2,1H3,(H,23,26). The zero-order valence-electron chi connectivity index (χ0n) is 18.1. The van der Waals surface area contributed by atoms with E-state index in [4.69, 9.17) is 16.3 Å². The summed E-state index contributed by atoms with van der Waals surface area (Å²) in [6, 6.07) is 10.4. The molecular formula is C21H26ClN3O6S2. The number of amides is 1. The third-order valence-corrected chi connectivity index (χ3v) is 7.78. The van der Waals surface area contributed by atoms with E-state index in [2.05, 4.69) is 10.0 Å². The highest BCUT2D eigenvalue weighted by Gasteiger charge is 2.25. The van der Waals surface area contributed by atoms with E-state index in [-0.39, 0.29) is 34.3 Å². The number of sulfonamides is 2. The second kappa shape index (κ2) is 10.7. The lowest BCUT2D eigenvalue weighted by atomic mass is 10.2. The van der Waals surface area contributed by atoms with Gasteiger partial charge in [0.1, 0.15) is 12.4 Å². The lowest BCUT2D eigenvalue weighted by molar-refractivity contribution is 0.0947. The summed E-state index contributed by atoms with van der Waals surface area (Å²) in [6.45, 7) is 1.43. The van der Waals surface area contributed by atoms with Gasteiger partial charge in [0.05, 0.1) is 28.3 Å². The molecule has 33 heavy (non-hydrogen) atoms. The highest BCUT2D eigenvalue weighted by Crippen LogP contribution is 2.23. The van der Waals surface area contributed by atoms with Gasteiger partial charge in [-0.3, -0.25) is 9.52 Å². The van der Waals surface area contributed by atoms with Gasteiger partial charge in [-0.1, -0.05) is 18.0 Å². The second-order valence-corrected chi connectivity index (χ2v) is 11.7. The van der Waals surface area contributed by atoms with E-state index < -0.39 is 26.0 Å². The van der Waals surface area contributed by atoms with E-state index in [0.29, 0.717) is 18.8 Å². The monoisotopic (exact) mass is 515 g/mol. The Hall–Kier alpha value is -2.34. The van der Waals surface area contributed by atoms with Gasteiger partial charge in [0.15, 0.2) is 0 Å². The van der Waals surface area contributed by atoms with Crippen molar-refractivity contribution in [3.8, 4) is 5.75 Å². The largest absolute Gasteiger partial charge is 0.492 e. The van der Waals surface area contributed by atoms with Gasteiger partial charge < -0.3 is 10.1 Å². The van der Waals surface area contributed by atoms with Crippen molar-refractivity contribution in [2.75, 3.05) is 37.2 Å². The van der Waals surface area contributed by atoms with Crippen molar-refractivity contribution < 1.29 is 26.4 Å². The van der Waals surface area contributed by atoms with Crippen molar-refractivity contribution in [2.24, 2.45) is 0 Å². The molecular weight excluding hydrogens is 490 g/mol. The highest BCUT2D eigenvalue weighted by molar-refractivity contribution is 7.92. The Morgan fingerprint density at radius 2 is 1.70 bits per heavy atom. The van der Waals surface area contributed by atoms with Gasteiger partial charge in [-0.25, -0.2) is 16.8 Å². The third-order valence-electron chi connectivity index (χ3n) is 4.95. The molecule has 180 valence electrons. The molecule has 1 aliphatic rings. The average Bonchev–Trinajstić information content (AvgIpc) is 2.76. The molecule has 1 fully saturated rings. The van der Waals surface area contributed by atoms with Crippen molar-refractivity contribution in [3.63, 3.8) is 0 Å². The number of piperidine rings is 1. The molecule has 12 heteroatoms. The maximum Gasteiger partial charge on any atom is 0.252 e. The van der Waals surface area contributed by atoms with Crippen molar-refractivity contribution >= 4 is 43.2 Å². The Bertz CT molecular complexity index is 1200. The van der Waals surface area contributed by atoms with Crippen LogP contribution in [0.5, 0.6) is 5.75 Å². The lowest BCUT2D eigenvalue weighted by Gasteiger charge is -2.25. The summed E-state index contributed by atoms with van der Waals surface area (Å²) in [4.78, 5) is 12.5. The minimum atomic E-state index is -3.49. The SMILES string of the molecule is CS(=O)(=O)Nc1ccc(C(=O)NCCOc2ccc(S(=O)(=O)N3CCCCC3)cc2)c(Cl)c1. The van der Waals surface area contributed by atoms with Crippen LogP contribution in [0.2, 0.25) is 5.02 Å².